The molecule has 0 saturated heterocycles. The van der Waals surface area contributed by atoms with Crippen molar-refractivity contribution in [1.82, 2.24) is 0 Å². The number of hydrogen-bond acceptors (Lipinski definition) is 0. The summed E-state index contributed by atoms with van der Waals surface area (Å²) in [6.07, 6.45) is -0.733. The third-order valence-corrected chi connectivity index (χ3v) is 3.05. The largest absolute Gasteiger partial charge is 0.311 e. The van der Waals surface area contributed by atoms with E-state index >= 15 is 0 Å². The van der Waals surface area contributed by atoms with Gasteiger partial charge >= 0.3 is 0 Å². The molecule has 0 aromatic carbocycles. The number of alkyl halides is 1. The zero-order valence-corrected chi connectivity index (χ0v) is 5.67. The molecule has 0 aliphatic rings. The van der Waals surface area contributed by atoms with Crippen LogP contribution in [-0.2, 0) is 0 Å². The van der Waals surface area contributed by atoms with Crippen LogP contribution in [0.2, 0.25) is 12.6 Å². The first-order valence-electron chi connectivity index (χ1n) is 2.37. The smallest absolute Gasteiger partial charge is 0.274 e. The summed E-state index contributed by atoms with van der Waals surface area (Å²) in [6.45, 7) is 3.08. The van der Waals surface area contributed by atoms with E-state index in [1.54, 1.807) is 6.92 Å². The van der Waals surface area contributed by atoms with E-state index in [0.717, 1.165) is 0 Å². The minimum Gasteiger partial charge on any atom is -0.311 e. The Morgan fingerprint density at radius 3 is 2.00 bits per heavy atom. The molecule has 0 rings (SSSR count). The Bertz CT molecular complexity index is 47.7. The lowest BCUT2D eigenvalue weighted by Gasteiger charge is -2.06. The highest BCUT2D eigenvalue weighted by atomic mass is 28.4. The van der Waals surface area contributed by atoms with Crippen molar-refractivity contribution >= 4 is 8.41 Å². The maximum Gasteiger partial charge on any atom is 0.274 e. The molecule has 1 atom stereocenters. The quantitative estimate of drug-likeness (QED) is 0.390. The van der Waals surface area contributed by atoms with Gasteiger partial charge in [-0.2, -0.15) is 0 Å². The summed E-state index contributed by atoms with van der Waals surface area (Å²) in [7, 11) is -2.82. The monoisotopic (exact) mass is 124 g/mol. The van der Waals surface area contributed by atoms with Gasteiger partial charge in [0.2, 0.25) is 0 Å². The van der Waals surface area contributed by atoms with Crippen molar-refractivity contribution in [3.05, 3.63) is 0 Å². The molecule has 0 saturated carbocycles. The first-order valence-corrected chi connectivity index (χ1v) is 5.16. The van der Waals surface area contributed by atoms with Crippen LogP contribution in [0.25, 0.3) is 0 Å². The van der Waals surface area contributed by atoms with Crippen LogP contribution in [0.3, 0.4) is 0 Å². The van der Waals surface area contributed by atoms with Crippen molar-refractivity contribution in [2.24, 2.45) is 0 Å². The van der Waals surface area contributed by atoms with E-state index in [9.17, 15) is 8.50 Å². The number of halogens is 2. The van der Waals surface area contributed by atoms with E-state index in [2.05, 4.69) is 0 Å². The molecule has 0 aliphatic carbocycles. The fourth-order valence-electron chi connectivity index (χ4n) is 0.0945. The average Bonchev–Trinajstić information content (AvgIpc) is 1.68. The topological polar surface area (TPSA) is 0 Å². The molecule has 0 spiro atoms. The Labute approximate surface area is 43.7 Å². The fraction of sp³-hybridized carbons (Fsp3) is 1.00. The summed E-state index contributed by atoms with van der Waals surface area (Å²) >= 11 is 0. The molecule has 0 aliphatic heterocycles. The first-order chi connectivity index (χ1) is 3.12. The van der Waals surface area contributed by atoms with Gasteiger partial charge < -0.3 is 4.11 Å². The van der Waals surface area contributed by atoms with Crippen molar-refractivity contribution in [3.8, 4) is 0 Å². The molecule has 0 fully saturated rings. The van der Waals surface area contributed by atoms with Crippen LogP contribution in [0, 0.1) is 0 Å². The minimum absolute atomic E-state index is 0.392. The average molecular weight is 124 g/mol. The van der Waals surface area contributed by atoms with Crippen molar-refractivity contribution in [2.75, 3.05) is 6.30 Å². The minimum atomic E-state index is -2.82. The van der Waals surface area contributed by atoms with Crippen LogP contribution < -0.4 is 0 Å². The maximum absolute atomic E-state index is 12.3. The van der Waals surface area contributed by atoms with E-state index in [4.69, 9.17) is 0 Å². The van der Waals surface area contributed by atoms with Crippen LogP contribution in [0.1, 0.15) is 6.92 Å². The molecule has 0 N–H and O–H groups in total. The fourth-order valence-corrected chi connectivity index (χ4v) is 0.283. The van der Waals surface area contributed by atoms with Gasteiger partial charge in [0.25, 0.3) is 8.41 Å². The van der Waals surface area contributed by atoms with E-state index in [0.29, 0.717) is 6.04 Å². The molecule has 0 radical (unpaired) electrons. The molecule has 44 valence electrons. The lowest BCUT2D eigenvalue weighted by Crippen LogP contribution is -2.25. The molecule has 0 nitrogen and oxygen atoms in total. The SMILES string of the molecule is CC[Si](C)(F)CF. The third kappa shape index (κ3) is 2.74. The van der Waals surface area contributed by atoms with Crippen LogP contribution in [0.15, 0.2) is 0 Å². The lowest BCUT2D eigenvalue weighted by molar-refractivity contribution is 0.547. The number of rotatable bonds is 2. The van der Waals surface area contributed by atoms with Gasteiger partial charge in [-0.05, 0) is 12.6 Å². The standard InChI is InChI=1S/C4H10F2Si/c1-3-7(2,6)4-5/h3-4H2,1-2H3. The van der Waals surface area contributed by atoms with E-state index in [1.165, 1.54) is 6.55 Å². The van der Waals surface area contributed by atoms with Crippen LogP contribution in [-0.4, -0.2) is 14.7 Å². The van der Waals surface area contributed by atoms with E-state index < -0.39 is 14.7 Å². The van der Waals surface area contributed by atoms with Gasteiger partial charge in [0.05, 0.1) is 0 Å². The highest BCUT2D eigenvalue weighted by Crippen LogP contribution is 2.09. The second-order valence-corrected chi connectivity index (χ2v) is 5.70. The molecule has 7 heavy (non-hydrogen) atoms. The van der Waals surface area contributed by atoms with Crippen molar-refractivity contribution < 1.29 is 8.50 Å². The Morgan fingerprint density at radius 2 is 2.00 bits per heavy atom. The third-order valence-electron chi connectivity index (χ3n) is 1.02. The lowest BCUT2D eigenvalue weighted by atomic mass is 11.0. The Hall–Kier alpha value is 0.0769. The molecule has 0 amide bonds. The molecule has 3 heteroatoms. The second-order valence-electron chi connectivity index (χ2n) is 1.90. The highest BCUT2D eigenvalue weighted by Gasteiger charge is 2.24. The summed E-state index contributed by atoms with van der Waals surface area (Å²) in [5, 5.41) is 0. The van der Waals surface area contributed by atoms with Gasteiger partial charge in [-0.3, -0.25) is 4.39 Å². The molecule has 0 bridgehead atoms. The normalized spacial score (nSPS) is 18.9. The molecule has 0 aromatic rings. The zero-order chi connectivity index (χ0) is 5.91. The van der Waals surface area contributed by atoms with Crippen molar-refractivity contribution in [2.45, 2.75) is 19.5 Å². The summed E-state index contributed by atoms with van der Waals surface area (Å²) in [5.41, 5.74) is 0. The Morgan fingerprint density at radius 1 is 1.57 bits per heavy atom. The van der Waals surface area contributed by atoms with Crippen LogP contribution >= 0.6 is 0 Å². The predicted molar refractivity (Wildman–Crippen MR) is 29.2 cm³/mol. The zero-order valence-electron chi connectivity index (χ0n) is 4.67. The van der Waals surface area contributed by atoms with Gasteiger partial charge in [0.15, 0.2) is 0 Å². The Kier molecular flexibility index (Phi) is 2.43. The summed E-state index contributed by atoms with van der Waals surface area (Å²) in [4.78, 5) is 0. The molecule has 1 unspecified atom stereocenters. The van der Waals surface area contributed by atoms with Crippen LogP contribution in [0.4, 0.5) is 8.50 Å². The summed E-state index contributed by atoms with van der Waals surface area (Å²) < 4.78 is 23.8. The predicted octanol–water partition coefficient (Wildman–Crippen LogP) is 2.06. The molecular weight excluding hydrogens is 114 g/mol. The van der Waals surface area contributed by atoms with Gasteiger partial charge in [0.1, 0.15) is 6.30 Å². The van der Waals surface area contributed by atoms with Crippen molar-refractivity contribution in [3.63, 3.8) is 0 Å². The number of hydrogen-bond donors (Lipinski definition) is 0. The molecule has 0 aromatic heterocycles. The molecular formula is C4H10F2Si. The molecule has 0 heterocycles. The van der Waals surface area contributed by atoms with Gasteiger partial charge in [-0.25, -0.2) is 0 Å². The van der Waals surface area contributed by atoms with Gasteiger partial charge in [-0.1, -0.05) is 6.92 Å². The highest BCUT2D eigenvalue weighted by molar-refractivity contribution is 6.71. The van der Waals surface area contributed by atoms with Gasteiger partial charge in [0, 0.05) is 0 Å². The summed E-state index contributed by atoms with van der Waals surface area (Å²) in [6, 6.07) is 0.392. The van der Waals surface area contributed by atoms with Crippen molar-refractivity contribution in [1.29, 1.82) is 0 Å². The maximum atomic E-state index is 12.3. The van der Waals surface area contributed by atoms with E-state index in [-0.39, 0.29) is 0 Å². The van der Waals surface area contributed by atoms with Crippen LogP contribution in [0.5, 0.6) is 0 Å². The Balaban J connectivity index is 3.36. The van der Waals surface area contributed by atoms with E-state index in [1.807, 2.05) is 0 Å². The second kappa shape index (κ2) is 2.40. The van der Waals surface area contributed by atoms with Gasteiger partial charge in [-0.15, -0.1) is 0 Å². The summed E-state index contributed by atoms with van der Waals surface area (Å²) in [5.74, 6) is 0. The first kappa shape index (κ1) is 7.08.